The summed E-state index contributed by atoms with van der Waals surface area (Å²) in [6, 6.07) is 11.8. The maximum atomic E-state index is 13.8. The van der Waals surface area contributed by atoms with Gasteiger partial charge in [-0.1, -0.05) is 17.7 Å². The summed E-state index contributed by atoms with van der Waals surface area (Å²) in [5, 5.41) is 4.07. The maximum Gasteiger partial charge on any atom is 0.268 e. The largest absolute Gasteiger partial charge is 0.495 e. The molecule has 1 unspecified atom stereocenters. The second-order valence-electron chi connectivity index (χ2n) is 6.61. The van der Waals surface area contributed by atoms with E-state index < -0.39 is 0 Å². The Labute approximate surface area is 161 Å². The third-order valence-corrected chi connectivity index (χ3v) is 5.10. The van der Waals surface area contributed by atoms with E-state index in [-0.39, 0.29) is 17.8 Å². The molecule has 2 heterocycles. The number of fused-ring (bicyclic) bond motifs is 1. The van der Waals surface area contributed by atoms with Crippen LogP contribution in [0.1, 0.15) is 16.9 Å². The molecule has 4 rings (SSSR count). The van der Waals surface area contributed by atoms with Gasteiger partial charge in [0.2, 0.25) is 0 Å². The van der Waals surface area contributed by atoms with Gasteiger partial charge in [-0.2, -0.15) is 0 Å². The van der Waals surface area contributed by atoms with Gasteiger partial charge in [-0.15, -0.1) is 0 Å². The van der Waals surface area contributed by atoms with Crippen LogP contribution in [0.15, 0.2) is 42.5 Å². The fourth-order valence-electron chi connectivity index (χ4n) is 3.51. The monoisotopic (exact) mass is 387 g/mol. The van der Waals surface area contributed by atoms with Crippen LogP contribution in [-0.2, 0) is 0 Å². The molecule has 2 N–H and O–H groups in total. The van der Waals surface area contributed by atoms with Gasteiger partial charge in [0.1, 0.15) is 17.3 Å². The number of nitrogens with one attached hydrogen (secondary N) is 2. The van der Waals surface area contributed by atoms with Crippen LogP contribution in [0.5, 0.6) is 5.75 Å². The molecule has 3 aromatic rings. The molecule has 7 heteroatoms. The molecule has 1 atom stereocenters. The lowest BCUT2D eigenvalue weighted by atomic mass is 10.2. The van der Waals surface area contributed by atoms with Crippen LogP contribution in [-0.4, -0.2) is 37.1 Å². The normalized spacial score (nSPS) is 16.7. The topological polar surface area (TPSA) is 57.4 Å². The first-order valence-corrected chi connectivity index (χ1v) is 9.09. The molecular formula is C20H19ClFN3O2. The van der Waals surface area contributed by atoms with Gasteiger partial charge in [0.15, 0.2) is 0 Å². The molecule has 1 aliphatic rings. The number of aromatic nitrogens is 1. The van der Waals surface area contributed by atoms with Crippen LogP contribution in [0, 0.1) is 5.82 Å². The number of amides is 1. The van der Waals surface area contributed by atoms with Crippen molar-refractivity contribution in [1.29, 1.82) is 0 Å². The number of benzene rings is 2. The summed E-state index contributed by atoms with van der Waals surface area (Å²) in [6.45, 7) is 1.43. The molecule has 5 nitrogen and oxygen atoms in total. The summed E-state index contributed by atoms with van der Waals surface area (Å²) in [6.07, 6.45) is 0.802. The zero-order valence-corrected chi connectivity index (χ0v) is 15.5. The molecule has 140 valence electrons. The van der Waals surface area contributed by atoms with Gasteiger partial charge in [-0.05, 0) is 42.8 Å². The number of hydrogen-bond donors (Lipinski definition) is 2. The number of carbonyl (C=O) groups is 1. The summed E-state index contributed by atoms with van der Waals surface area (Å²) < 4.78 is 19.2. The fourth-order valence-corrected chi connectivity index (χ4v) is 3.68. The number of carbonyl (C=O) groups excluding carboxylic acids is 1. The Balaban J connectivity index is 1.47. The van der Waals surface area contributed by atoms with Gasteiger partial charge >= 0.3 is 0 Å². The predicted octanol–water partition coefficient (Wildman–Crippen LogP) is 3.98. The molecular weight excluding hydrogens is 369 g/mol. The first-order valence-electron chi connectivity index (χ1n) is 8.72. The second-order valence-corrected chi connectivity index (χ2v) is 7.04. The molecule has 1 fully saturated rings. The molecule has 1 aliphatic heterocycles. The predicted molar refractivity (Wildman–Crippen MR) is 104 cm³/mol. The van der Waals surface area contributed by atoms with Crippen molar-refractivity contribution in [3.8, 4) is 5.75 Å². The summed E-state index contributed by atoms with van der Waals surface area (Å²) in [4.78, 5) is 17.7. The highest BCUT2D eigenvalue weighted by atomic mass is 35.5. The van der Waals surface area contributed by atoms with Gasteiger partial charge < -0.3 is 19.9 Å². The van der Waals surface area contributed by atoms with E-state index >= 15 is 0 Å². The summed E-state index contributed by atoms with van der Waals surface area (Å²) >= 11 is 6.12. The number of anilines is 1. The quantitative estimate of drug-likeness (QED) is 0.712. The van der Waals surface area contributed by atoms with Crippen LogP contribution in [0.2, 0.25) is 5.02 Å². The van der Waals surface area contributed by atoms with Crippen molar-refractivity contribution in [3.05, 3.63) is 59.0 Å². The zero-order chi connectivity index (χ0) is 19.0. The van der Waals surface area contributed by atoms with Crippen molar-refractivity contribution < 1.29 is 13.9 Å². The van der Waals surface area contributed by atoms with E-state index in [1.165, 1.54) is 6.07 Å². The number of methoxy groups -OCH3 is 1. The Hall–Kier alpha value is -2.73. The molecule has 0 bridgehead atoms. The van der Waals surface area contributed by atoms with Crippen molar-refractivity contribution in [2.75, 3.05) is 25.1 Å². The molecule has 1 aromatic heterocycles. The first kappa shape index (κ1) is 17.7. The van der Waals surface area contributed by atoms with Crippen LogP contribution >= 0.6 is 11.6 Å². The van der Waals surface area contributed by atoms with Crippen molar-refractivity contribution in [3.63, 3.8) is 0 Å². The number of H-pyrrole nitrogens is 1. The van der Waals surface area contributed by atoms with E-state index in [2.05, 4.69) is 15.2 Å². The third kappa shape index (κ3) is 3.45. The Morgan fingerprint density at radius 3 is 2.96 bits per heavy atom. The highest BCUT2D eigenvalue weighted by molar-refractivity contribution is 6.31. The van der Waals surface area contributed by atoms with E-state index in [0.29, 0.717) is 28.2 Å². The number of aromatic amines is 1. The molecule has 0 radical (unpaired) electrons. The summed E-state index contributed by atoms with van der Waals surface area (Å²) in [5.41, 5.74) is 1.88. The van der Waals surface area contributed by atoms with Gasteiger partial charge in [-0.25, -0.2) is 4.39 Å². The van der Waals surface area contributed by atoms with Gasteiger partial charge in [0, 0.05) is 35.1 Å². The van der Waals surface area contributed by atoms with Crippen molar-refractivity contribution in [2.24, 2.45) is 0 Å². The summed E-state index contributed by atoms with van der Waals surface area (Å²) in [7, 11) is 1.62. The van der Waals surface area contributed by atoms with Gasteiger partial charge in [0.05, 0.1) is 12.8 Å². The second kappa shape index (κ2) is 7.12. The fraction of sp³-hybridized carbons (Fsp3) is 0.250. The Morgan fingerprint density at radius 2 is 2.19 bits per heavy atom. The number of hydrogen-bond acceptors (Lipinski definition) is 3. The SMILES string of the molecule is COc1ccc(Cl)cc1N1CCC(NC(=O)c2cc3c(F)cccc3[nH]2)C1. The van der Waals surface area contributed by atoms with E-state index in [4.69, 9.17) is 16.3 Å². The van der Waals surface area contributed by atoms with E-state index in [1.54, 1.807) is 31.4 Å². The molecule has 2 aromatic carbocycles. The third-order valence-electron chi connectivity index (χ3n) is 4.86. The number of rotatable bonds is 4. The van der Waals surface area contributed by atoms with E-state index in [9.17, 15) is 9.18 Å². The molecule has 0 saturated carbocycles. The van der Waals surface area contributed by atoms with Crippen molar-refractivity contribution >= 4 is 34.1 Å². The number of nitrogens with zero attached hydrogens (tertiary/aromatic N) is 1. The Morgan fingerprint density at radius 1 is 1.33 bits per heavy atom. The molecule has 0 aliphatic carbocycles. The van der Waals surface area contributed by atoms with Crippen LogP contribution < -0.4 is 15.0 Å². The lowest BCUT2D eigenvalue weighted by Crippen LogP contribution is -2.37. The maximum absolute atomic E-state index is 13.8. The van der Waals surface area contributed by atoms with Crippen molar-refractivity contribution in [1.82, 2.24) is 10.3 Å². The van der Waals surface area contributed by atoms with Gasteiger partial charge in [-0.3, -0.25) is 4.79 Å². The van der Waals surface area contributed by atoms with E-state index in [0.717, 1.165) is 24.4 Å². The highest BCUT2D eigenvalue weighted by Gasteiger charge is 2.27. The minimum Gasteiger partial charge on any atom is -0.495 e. The average Bonchev–Trinajstić information content (AvgIpc) is 3.29. The van der Waals surface area contributed by atoms with E-state index in [1.807, 2.05) is 12.1 Å². The Kier molecular flexibility index (Phi) is 4.66. The lowest BCUT2D eigenvalue weighted by Gasteiger charge is -2.21. The minimum absolute atomic E-state index is 0.0163. The average molecular weight is 388 g/mol. The Bertz CT molecular complexity index is 1000. The number of halogens is 2. The van der Waals surface area contributed by atoms with Crippen molar-refractivity contribution in [2.45, 2.75) is 12.5 Å². The first-order chi connectivity index (χ1) is 13.0. The standard InChI is InChI=1S/C20H19ClFN3O2/c1-27-19-6-5-12(21)9-18(19)25-8-7-13(11-25)23-20(26)17-10-14-15(22)3-2-4-16(14)24-17/h2-6,9-10,13,24H,7-8,11H2,1H3,(H,23,26). The smallest absolute Gasteiger partial charge is 0.268 e. The molecule has 1 saturated heterocycles. The van der Waals surface area contributed by atoms with Crippen LogP contribution in [0.4, 0.5) is 10.1 Å². The lowest BCUT2D eigenvalue weighted by molar-refractivity contribution is 0.0936. The molecule has 1 amide bonds. The summed E-state index contributed by atoms with van der Waals surface area (Å²) in [5.74, 6) is 0.163. The van der Waals surface area contributed by atoms with Crippen LogP contribution in [0.25, 0.3) is 10.9 Å². The van der Waals surface area contributed by atoms with Gasteiger partial charge in [0.25, 0.3) is 5.91 Å². The molecule has 27 heavy (non-hydrogen) atoms. The van der Waals surface area contributed by atoms with Crippen LogP contribution in [0.3, 0.4) is 0 Å². The number of ether oxygens (including phenoxy) is 1. The minimum atomic E-state index is -0.345. The molecule has 0 spiro atoms. The zero-order valence-electron chi connectivity index (χ0n) is 14.8. The highest BCUT2D eigenvalue weighted by Crippen LogP contribution is 2.33.